The first-order valence-corrected chi connectivity index (χ1v) is 13.2. The molecule has 2 heterocycles. The lowest BCUT2D eigenvalue weighted by Gasteiger charge is -2.27. The lowest BCUT2D eigenvalue weighted by atomic mass is 9.97. The summed E-state index contributed by atoms with van der Waals surface area (Å²) < 4.78 is 5.36. The molecule has 39 heavy (non-hydrogen) atoms. The quantitative estimate of drug-likeness (QED) is 0.239. The van der Waals surface area contributed by atoms with Crippen molar-refractivity contribution in [3.63, 3.8) is 0 Å². The molecule has 0 unspecified atom stereocenters. The van der Waals surface area contributed by atoms with Crippen LogP contribution in [0.5, 0.6) is 5.75 Å². The molecule has 1 aromatic heterocycles. The Balaban J connectivity index is 1.80. The van der Waals surface area contributed by atoms with Crippen molar-refractivity contribution in [1.82, 2.24) is 31.2 Å². The zero-order chi connectivity index (χ0) is 28.7. The third-order valence-electron chi connectivity index (χ3n) is 6.75. The summed E-state index contributed by atoms with van der Waals surface area (Å²) in [5.41, 5.74) is 0.941. The van der Waals surface area contributed by atoms with Crippen LogP contribution in [-0.2, 0) is 14.4 Å². The Morgan fingerprint density at radius 1 is 1.13 bits per heavy atom. The van der Waals surface area contributed by atoms with Gasteiger partial charge in [-0.2, -0.15) is 0 Å². The van der Waals surface area contributed by atoms with Gasteiger partial charge in [0.05, 0.1) is 13.7 Å². The number of amides is 5. The first-order valence-electron chi connectivity index (χ1n) is 13.2. The normalized spacial score (nSPS) is 15.4. The fraction of sp³-hybridized carbons (Fsp3) is 0.519. The average Bonchev–Trinajstić information content (AvgIpc) is 3.54. The number of benzene rings is 1. The highest BCUT2D eigenvalue weighted by Crippen LogP contribution is 2.26. The second-order valence-corrected chi connectivity index (χ2v) is 10.1. The number of carbonyl (C=O) groups is 5. The van der Waals surface area contributed by atoms with Crippen molar-refractivity contribution in [1.29, 1.82) is 0 Å². The summed E-state index contributed by atoms with van der Waals surface area (Å²) in [5.74, 6) is -2.42. The predicted molar refractivity (Wildman–Crippen MR) is 145 cm³/mol. The van der Waals surface area contributed by atoms with Gasteiger partial charge in [-0.3, -0.25) is 19.2 Å². The highest BCUT2D eigenvalue weighted by molar-refractivity contribution is 6.38. The van der Waals surface area contributed by atoms with Crippen molar-refractivity contribution in [2.75, 3.05) is 33.3 Å². The van der Waals surface area contributed by atoms with E-state index in [0.29, 0.717) is 30.8 Å². The molecule has 1 saturated heterocycles. The van der Waals surface area contributed by atoms with Crippen molar-refractivity contribution >= 4 is 40.4 Å². The van der Waals surface area contributed by atoms with E-state index in [-0.39, 0.29) is 36.7 Å². The fourth-order valence-corrected chi connectivity index (χ4v) is 4.25. The first-order chi connectivity index (χ1) is 18.5. The van der Waals surface area contributed by atoms with Crippen LogP contribution in [0.4, 0.5) is 4.79 Å². The van der Waals surface area contributed by atoms with E-state index in [4.69, 9.17) is 4.74 Å². The topological polar surface area (TPSA) is 162 Å². The van der Waals surface area contributed by atoms with Gasteiger partial charge < -0.3 is 35.9 Å². The molecule has 5 amide bonds. The van der Waals surface area contributed by atoms with Gasteiger partial charge in [-0.05, 0) is 30.0 Å². The van der Waals surface area contributed by atoms with Crippen molar-refractivity contribution in [2.24, 2.45) is 11.8 Å². The second kappa shape index (κ2) is 13.1. The summed E-state index contributed by atoms with van der Waals surface area (Å²) in [6.45, 7) is 8.31. The van der Waals surface area contributed by atoms with Crippen LogP contribution in [0.2, 0.25) is 0 Å². The van der Waals surface area contributed by atoms with Crippen molar-refractivity contribution in [2.45, 2.75) is 46.2 Å². The lowest BCUT2D eigenvalue weighted by molar-refractivity contribution is -0.140. The molecule has 5 N–H and O–H groups in total. The van der Waals surface area contributed by atoms with Gasteiger partial charge in [0, 0.05) is 30.5 Å². The predicted octanol–water partition coefficient (Wildman–Crippen LogP) is 1.17. The Bertz CT molecular complexity index is 1220. The standard InChI is InChI=1S/C27H38N6O6/c1-6-16(4)22(32-24(35)19-12-17-18(30-19)8-7-9-21(17)39-5)25(36)31-20(14-33-11-10-28-27(33)38)23(34)26(37)29-13-15(2)3/h7-9,12,15-16,20,22,30H,6,10-11,13-14H2,1-5H3,(H,28,38)(H,29,37)(H,31,36)(H,32,35)/t16-,20+,22+/m1/s1. The van der Waals surface area contributed by atoms with Gasteiger partial charge in [0.25, 0.3) is 11.8 Å². The highest BCUT2D eigenvalue weighted by atomic mass is 16.5. The molecule has 212 valence electrons. The molecule has 0 spiro atoms. The van der Waals surface area contributed by atoms with Crippen LogP contribution in [0.1, 0.15) is 44.6 Å². The number of ether oxygens (including phenoxy) is 1. The van der Waals surface area contributed by atoms with Crippen LogP contribution < -0.4 is 26.0 Å². The monoisotopic (exact) mass is 542 g/mol. The minimum Gasteiger partial charge on any atom is -0.496 e. The SMILES string of the molecule is CC[C@@H](C)[C@H](NC(=O)c1cc2c(OC)cccc2[nH]1)C(=O)N[C@@H](CN1CCNC1=O)C(=O)C(=O)NCC(C)C. The second-order valence-electron chi connectivity index (χ2n) is 10.1. The summed E-state index contributed by atoms with van der Waals surface area (Å²) in [5, 5.41) is 11.3. The van der Waals surface area contributed by atoms with Crippen LogP contribution >= 0.6 is 0 Å². The number of aromatic nitrogens is 1. The zero-order valence-electron chi connectivity index (χ0n) is 23.1. The molecule has 0 saturated carbocycles. The Morgan fingerprint density at radius 2 is 1.87 bits per heavy atom. The summed E-state index contributed by atoms with van der Waals surface area (Å²) in [6, 6.07) is 4.36. The molecule has 1 fully saturated rings. The molecule has 12 nitrogen and oxygen atoms in total. The van der Waals surface area contributed by atoms with Crippen LogP contribution in [0.3, 0.4) is 0 Å². The number of carbonyl (C=O) groups excluding carboxylic acids is 5. The molecular formula is C27H38N6O6. The van der Waals surface area contributed by atoms with Crippen molar-refractivity contribution < 1.29 is 28.7 Å². The van der Waals surface area contributed by atoms with Gasteiger partial charge in [-0.15, -0.1) is 0 Å². The van der Waals surface area contributed by atoms with E-state index in [1.165, 1.54) is 12.0 Å². The van der Waals surface area contributed by atoms with Crippen molar-refractivity contribution in [3.05, 3.63) is 30.0 Å². The van der Waals surface area contributed by atoms with Gasteiger partial charge in [-0.25, -0.2) is 4.79 Å². The van der Waals surface area contributed by atoms with Crippen LogP contribution in [0.15, 0.2) is 24.3 Å². The van der Waals surface area contributed by atoms with E-state index in [2.05, 4.69) is 26.3 Å². The number of ketones is 1. The molecule has 2 aromatic rings. The maximum Gasteiger partial charge on any atom is 0.317 e. The molecule has 12 heteroatoms. The molecule has 3 atom stereocenters. The Labute approximate surface area is 227 Å². The number of H-pyrrole nitrogens is 1. The smallest absolute Gasteiger partial charge is 0.317 e. The van der Waals surface area contributed by atoms with Gasteiger partial charge in [0.1, 0.15) is 23.5 Å². The number of hydrogen-bond donors (Lipinski definition) is 5. The lowest BCUT2D eigenvalue weighted by Crippen LogP contribution is -2.58. The minimum atomic E-state index is -1.28. The zero-order valence-corrected chi connectivity index (χ0v) is 23.1. The van der Waals surface area contributed by atoms with E-state index in [1.54, 1.807) is 25.1 Å². The van der Waals surface area contributed by atoms with E-state index in [9.17, 15) is 24.0 Å². The molecule has 0 aliphatic carbocycles. The van der Waals surface area contributed by atoms with Gasteiger partial charge in [0.15, 0.2) is 0 Å². The molecule has 0 radical (unpaired) electrons. The number of nitrogens with zero attached hydrogens (tertiary/aromatic N) is 1. The summed E-state index contributed by atoms with van der Waals surface area (Å²) >= 11 is 0. The number of rotatable bonds is 13. The summed E-state index contributed by atoms with van der Waals surface area (Å²) in [4.78, 5) is 68.8. The van der Waals surface area contributed by atoms with Gasteiger partial charge >= 0.3 is 6.03 Å². The number of methoxy groups -OCH3 is 1. The number of hydrogen-bond acceptors (Lipinski definition) is 6. The highest BCUT2D eigenvalue weighted by Gasteiger charge is 2.35. The summed E-state index contributed by atoms with van der Waals surface area (Å²) in [7, 11) is 1.54. The van der Waals surface area contributed by atoms with Crippen LogP contribution in [-0.4, -0.2) is 84.8 Å². The maximum absolute atomic E-state index is 13.5. The van der Waals surface area contributed by atoms with E-state index < -0.39 is 35.6 Å². The third-order valence-corrected chi connectivity index (χ3v) is 6.75. The van der Waals surface area contributed by atoms with Crippen LogP contribution in [0.25, 0.3) is 10.9 Å². The Kier molecular flexibility index (Phi) is 9.91. The number of urea groups is 1. The molecule has 1 aliphatic rings. The largest absolute Gasteiger partial charge is 0.496 e. The molecule has 3 rings (SSSR count). The van der Waals surface area contributed by atoms with Crippen molar-refractivity contribution in [3.8, 4) is 5.75 Å². The Morgan fingerprint density at radius 3 is 2.49 bits per heavy atom. The Hall–Kier alpha value is -4.09. The maximum atomic E-state index is 13.5. The minimum absolute atomic E-state index is 0.119. The molecule has 1 aliphatic heterocycles. The first kappa shape index (κ1) is 29.5. The number of Topliss-reactive ketones (excluding diaryl/α,β-unsaturated/α-hetero) is 1. The number of fused-ring (bicyclic) bond motifs is 1. The van der Waals surface area contributed by atoms with Gasteiger partial charge in [-0.1, -0.05) is 40.2 Å². The average molecular weight is 543 g/mol. The van der Waals surface area contributed by atoms with E-state index in [1.807, 2.05) is 26.8 Å². The molecule has 1 aromatic carbocycles. The number of nitrogens with one attached hydrogen (secondary N) is 5. The number of aromatic amines is 1. The third kappa shape index (κ3) is 7.27. The fourth-order valence-electron chi connectivity index (χ4n) is 4.25. The summed E-state index contributed by atoms with van der Waals surface area (Å²) in [6.07, 6.45) is 0.556. The van der Waals surface area contributed by atoms with E-state index in [0.717, 1.165) is 5.39 Å². The molecular weight excluding hydrogens is 504 g/mol. The molecule has 0 bridgehead atoms. The van der Waals surface area contributed by atoms with E-state index >= 15 is 0 Å². The van der Waals surface area contributed by atoms with Gasteiger partial charge in [0.2, 0.25) is 11.7 Å². The van der Waals surface area contributed by atoms with Crippen LogP contribution in [0, 0.1) is 11.8 Å².